The average Bonchev–Trinajstić information content (AvgIpc) is 2.79. The van der Waals surface area contributed by atoms with Gasteiger partial charge in [-0.1, -0.05) is 0 Å². The Morgan fingerprint density at radius 1 is 0.897 bits per heavy atom. The van der Waals surface area contributed by atoms with Crippen LogP contribution in [0.1, 0.15) is 35.3 Å². The van der Waals surface area contributed by atoms with Crippen molar-refractivity contribution in [3.8, 4) is 5.75 Å². The second-order valence-corrected chi connectivity index (χ2v) is 7.72. The molecule has 154 valence electrons. The number of amides is 1. The Morgan fingerprint density at radius 3 is 2.24 bits per heavy atom. The van der Waals surface area contributed by atoms with Gasteiger partial charge in [-0.25, -0.2) is 4.98 Å². The van der Waals surface area contributed by atoms with E-state index in [9.17, 15) is 4.79 Å². The molecule has 4 rings (SSSR count). The van der Waals surface area contributed by atoms with E-state index in [4.69, 9.17) is 9.72 Å². The van der Waals surface area contributed by atoms with E-state index in [0.29, 0.717) is 18.7 Å². The summed E-state index contributed by atoms with van der Waals surface area (Å²) in [6, 6.07) is 9.36. The Morgan fingerprint density at radius 2 is 1.59 bits per heavy atom. The van der Waals surface area contributed by atoms with Crippen molar-refractivity contribution in [2.45, 2.75) is 26.2 Å². The summed E-state index contributed by atoms with van der Waals surface area (Å²) >= 11 is 0. The summed E-state index contributed by atoms with van der Waals surface area (Å²) in [5, 5.41) is 0. The number of carbonyl (C=O) groups excluding carboxylic acids is 1. The number of hydrogen-bond donors (Lipinski definition) is 0. The number of aryl methyl sites for hydroxylation is 1. The standard InChI is InChI=1S/C22H29N5O2/c1-17-16-20(24-22(23-17)27-10-4-3-5-11-27)25-12-14-26(15-13-25)21(28)18-6-8-19(29-2)9-7-18/h6-9,16H,3-5,10-15H2,1-2H3. The second kappa shape index (κ2) is 8.68. The molecule has 29 heavy (non-hydrogen) atoms. The summed E-state index contributed by atoms with van der Waals surface area (Å²) in [5.41, 5.74) is 1.69. The minimum absolute atomic E-state index is 0.0696. The van der Waals surface area contributed by atoms with Gasteiger partial charge in [-0.2, -0.15) is 4.98 Å². The highest BCUT2D eigenvalue weighted by Gasteiger charge is 2.24. The lowest BCUT2D eigenvalue weighted by molar-refractivity contribution is 0.0746. The van der Waals surface area contributed by atoms with E-state index in [0.717, 1.165) is 49.4 Å². The normalized spacial score (nSPS) is 17.4. The Bertz CT molecular complexity index is 841. The lowest BCUT2D eigenvalue weighted by Crippen LogP contribution is -2.49. The van der Waals surface area contributed by atoms with Gasteiger partial charge in [0.15, 0.2) is 0 Å². The maximum Gasteiger partial charge on any atom is 0.253 e. The minimum Gasteiger partial charge on any atom is -0.497 e. The predicted molar refractivity (Wildman–Crippen MR) is 114 cm³/mol. The molecule has 0 saturated carbocycles. The van der Waals surface area contributed by atoms with Gasteiger partial charge in [0.25, 0.3) is 5.91 Å². The number of anilines is 2. The van der Waals surface area contributed by atoms with Crippen molar-refractivity contribution < 1.29 is 9.53 Å². The van der Waals surface area contributed by atoms with E-state index >= 15 is 0 Å². The van der Waals surface area contributed by atoms with E-state index in [1.807, 2.05) is 36.1 Å². The zero-order chi connectivity index (χ0) is 20.2. The van der Waals surface area contributed by atoms with Gasteiger partial charge < -0.3 is 19.4 Å². The molecule has 0 bridgehead atoms. The molecule has 7 nitrogen and oxygen atoms in total. The van der Waals surface area contributed by atoms with Crippen LogP contribution in [0.2, 0.25) is 0 Å². The zero-order valence-electron chi connectivity index (χ0n) is 17.3. The maximum atomic E-state index is 12.8. The molecule has 7 heteroatoms. The zero-order valence-corrected chi connectivity index (χ0v) is 17.3. The van der Waals surface area contributed by atoms with Crippen LogP contribution < -0.4 is 14.5 Å². The number of piperidine rings is 1. The summed E-state index contributed by atoms with van der Waals surface area (Å²) in [6.45, 7) is 7.03. The molecule has 1 amide bonds. The van der Waals surface area contributed by atoms with Crippen molar-refractivity contribution in [1.29, 1.82) is 0 Å². The molecule has 2 aliphatic rings. The topological polar surface area (TPSA) is 61.8 Å². The predicted octanol–water partition coefficient (Wildman–Crippen LogP) is 2.75. The van der Waals surface area contributed by atoms with Crippen LogP contribution >= 0.6 is 0 Å². The monoisotopic (exact) mass is 395 g/mol. The Hall–Kier alpha value is -2.83. The van der Waals surface area contributed by atoms with Gasteiger partial charge in [-0.05, 0) is 50.5 Å². The molecule has 1 aromatic heterocycles. The highest BCUT2D eigenvalue weighted by atomic mass is 16.5. The third kappa shape index (κ3) is 4.44. The van der Waals surface area contributed by atoms with Gasteiger partial charge in [0, 0.05) is 56.6 Å². The molecular formula is C22H29N5O2. The first-order chi connectivity index (χ1) is 14.1. The molecule has 3 heterocycles. The van der Waals surface area contributed by atoms with E-state index in [-0.39, 0.29) is 5.91 Å². The van der Waals surface area contributed by atoms with Crippen LogP contribution in [0.3, 0.4) is 0 Å². The molecule has 0 atom stereocenters. The number of aromatic nitrogens is 2. The molecule has 2 aromatic rings. The Kier molecular flexibility index (Phi) is 5.83. The van der Waals surface area contributed by atoms with Crippen molar-refractivity contribution in [2.24, 2.45) is 0 Å². The van der Waals surface area contributed by atoms with E-state index in [1.54, 1.807) is 7.11 Å². The van der Waals surface area contributed by atoms with E-state index < -0.39 is 0 Å². The smallest absolute Gasteiger partial charge is 0.253 e. The molecule has 2 fully saturated rings. The fourth-order valence-corrected chi connectivity index (χ4v) is 3.99. The van der Waals surface area contributed by atoms with Gasteiger partial charge in [0.2, 0.25) is 5.95 Å². The first kappa shape index (κ1) is 19.5. The highest BCUT2D eigenvalue weighted by molar-refractivity contribution is 5.94. The average molecular weight is 396 g/mol. The van der Waals surface area contributed by atoms with Crippen LogP contribution in [0.4, 0.5) is 11.8 Å². The van der Waals surface area contributed by atoms with Crippen molar-refractivity contribution in [2.75, 3.05) is 56.2 Å². The van der Waals surface area contributed by atoms with Gasteiger partial charge in [-0.15, -0.1) is 0 Å². The summed E-state index contributed by atoms with van der Waals surface area (Å²) in [6.07, 6.45) is 3.71. The molecule has 2 saturated heterocycles. The fraction of sp³-hybridized carbons (Fsp3) is 0.500. The fourth-order valence-electron chi connectivity index (χ4n) is 3.99. The number of benzene rings is 1. The first-order valence-electron chi connectivity index (χ1n) is 10.4. The summed E-state index contributed by atoms with van der Waals surface area (Å²) in [7, 11) is 1.63. The van der Waals surface area contributed by atoms with Gasteiger partial charge in [0.05, 0.1) is 7.11 Å². The van der Waals surface area contributed by atoms with Crippen molar-refractivity contribution in [3.05, 3.63) is 41.6 Å². The minimum atomic E-state index is 0.0696. The molecular weight excluding hydrogens is 366 g/mol. The summed E-state index contributed by atoms with van der Waals surface area (Å²) in [5.74, 6) is 2.64. The Labute approximate surface area is 172 Å². The number of rotatable bonds is 4. The van der Waals surface area contributed by atoms with E-state index in [1.165, 1.54) is 19.3 Å². The number of nitrogens with zero attached hydrogens (tertiary/aromatic N) is 5. The largest absolute Gasteiger partial charge is 0.497 e. The number of piperazine rings is 1. The number of hydrogen-bond acceptors (Lipinski definition) is 6. The summed E-state index contributed by atoms with van der Waals surface area (Å²) in [4.78, 5) is 28.8. The second-order valence-electron chi connectivity index (χ2n) is 7.72. The number of carbonyl (C=O) groups is 1. The van der Waals surface area contributed by atoms with Crippen LogP contribution in [0.5, 0.6) is 5.75 Å². The lowest BCUT2D eigenvalue weighted by atomic mass is 10.1. The van der Waals surface area contributed by atoms with Crippen molar-refractivity contribution in [3.63, 3.8) is 0 Å². The maximum absolute atomic E-state index is 12.8. The molecule has 0 aliphatic carbocycles. The van der Waals surface area contributed by atoms with Crippen molar-refractivity contribution >= 4 is 17.7 Å². The van der Waals surface area contributed by atoms with Gasteiger partial charge in [0.1, 0.15) is 11.6 Å². The molecule has 0 unspecified atom stereocenters. The SMILES string of the molecule is COc1ccc(C(=O)N2CCN(c3cc(C)nc(N4CCCCC4)n3)CC2)cc1. The van der Waals surface area contributed by atoms with E-state index in [2.05, 4.69) is 20.9 Å². The number of methoxy groups -OCH3 is 1. The first-order valence-corrected chi connectivity index (χ1v) is 10.4. The highest BCUT2D eigenvalue weighted by Crippen LogP contribution is 2.22. The number of ether oxygens (including phenoxy) is 1. The summed E-state index contributed by atoms with van der Waals surface area (Å²) < 4.78 is 5.17. The lowest BCUT2D eigenvalue weighted by Gasteiger charge is -2.36. The third-order valence-corrected chi connectivity index (χ3v) is 5.70. The van der Waals surface area contributed by atoms with Crippen molar-refractivity contribution in [1.82, 2.24) is 14.9 Å². The molecule has 0 radical (unpaired) electrons. The van der Waals surface area contributed by atoms with Gasteiger partial charge >= 0.3 is 0 Å². The quantitative estimate of drug-likeness (QED) is 0.793. The molecule has 0 N–H and O–H groups in total. The van der Waals surface area contributed by atoms with Crippen LogP contribution in [-0.4, -0.2) is 67.2 Å². The molecule has 0 spiro atoms. The van der Waals surface area contributed by atoms with Gasteiger partial charge in [-0.3, -0.25) is 4.79 Å². The molecule has 2 aliphatic heterocycles. The van der Waals surface area contributed by atoms with Crippen LogP contribution in [-0.2, 0) is 0 Å². The third-order valence-electron chi connectivity index (χ3n) is 5.70. The molecule has 1 aromatic carbocycles. The van der Waals surface area contributed by atoms with Crippen LogP contribution in [0.15, 0.2) is 30.3 Å². The van der Waals surface area contributed by atoms with Crippen LogP contribution in [0, 0.1) is 6.92 Å². The van der Waals surface area contributed by atoms with Crippen LogP contribution in [0.25, 0.3) is 0 Å². The Balaban J connectivity index is 1.41.